The molecule has 12 heteroatoms. The number of carbonyl (C=O) groups excluding carboxylic acids is 2. The van der Waals surface area contributed by atoms with Gasteiger partial charge in [-0.3, -0.25) is 20.4 Å². The Morgan fingerprint density at radius 2 is 1.72 bits per heavy atom. The van der Waals surface area contributed by atoms with E-state index in [2.05, 4.69) is 20.7 Å². The van der Waals surface area contributed by atoms with Crippen LogP contribution in [0.15, 0.2) is 40.6 Å². The molecule has 2 amide bonds. The van der Waals surface area contributed by atoms with E-state index in [0.29, 0.717) is 26.1 Å². The lowest BCUT2D eigenvalue weighted by atomic mass is 9.98. The third-order valence-corrected chi connectivity index (χ3v) is 8.33. The van der Waals surface area contributed by atoms with Crippen molar-refractivity contribution in [3.8, 4) is 0 Å². The number of rotatable bonds is 5. The molecule has 0 saturated carbocycles. The number of thiazole rings is 1. The van der Waals surface area contributed by atoms with Gasteiger partial charge in [-0.25, -0.2) is 13.4 Å². The Balaban J connectivity index is 1.25. The van der Waals surface area contributed by atoms with E-state index in [4.69, 9.17) is 4.74 Å². The molecule has 2 aromatic rings. The van der Waals surface area contributed by atoms with Crippen molar-refractivity contribution in [2.75, 3.05) is 44.3 Å². The molecule has 2 N–H and O–H groups in total. The third-order valence-electron chi connectivity index (χ3n) is 5.51. The number of piperidine rings is 1. The number of sulfonamides is 1. The van der Waals surface area contributed by atoms with Gasteiger partial charge in [0.15, 0.2) is 5.13 Å². The van der Waals surface area contributed by atoms with E-state index < -0.39 is 15.9 Å². The van der Waals surface area contributed by atoms with E-state index in [9.17, 15) is 18.0 Å². The minimum Gasteiger partial charge on any atom is -0.378 e. The highest BCUT2D eigenvalue weighted by atomic mass is 32.2. The average molecular weight is 480 g/mol. The topological polar surface area (TPSA) is 121 Å². The smallest absolute Gasteiger partial charge is 0.289 e. The largest absolute Gasteiger partial charge is 0.378 e. The summed E-state index contributed by atoms with van der Waals surface area (Å²) in [6.45, 7) is 3.20. The lowest BCUT2D eigenvalue weighted by molar-refractivity contribution is -0.126. The Labute approximate surface area is 190 Å². The van der Waals surface area contributed by atoms with Crippen LogP contribution in [0.5, 0.6) is 0 Å². The molecule has 0 spiro atoms. The van der Waals surface area contributed by atoms with Crippen molar-refractivity contribution >= 4 is 38.3 Å². The molecule has 0 bridgehead atoms. The summed E-state index contributed by atoms with van der Waals surface area (Å²) in [5.74, 6) is -1.20. The van der Waals surface area contributed by atoms with Gasteiger partial charge in [-0.05, 0) is 25.0 Å². The second-order valence-corrected chi connectivity index (χ2v) is 10.3. The normalized spacial score (nSPS) is 18.3. The maximum Gasteiger partial charge on any atom is 0.289 e. The molecule has 172 valence electrons. The maximum atomic E-state index is 12.7. The summed E-state index contributed by atoms with van der Waals surface area (Å²) in [6, 6.07) is 8.25. The first kappa shape index (κ1) is 22.6. The number of hydrazine groups is 1. The summed E-state index contributed by atoms with van der Waals surface area (Å²) >= 11 is 1.37. The summed E-state index contributed by atoms with van der Waals surface area (Å²) in [7, 11) is -3.57. The van der Waals surface area contributed by atoms with Crippen LogP contribution >= 0.6 is 11.3 Å². The highest BCUT2D eigenvalue weighted by molar-refractivity contribution is 7.89. The maximum absolute atomic E-state index is 12.7. The molecule has 10 nitrogen and oxygen atoms in total. The van der Waals surface area contributed by atoms with Crippen molar-refractivity contribution in [1.29, 1.82) is 0 Å². The molecular formula is C20H25N5O5S2. The van der Waals surface area contributed by atoms with Gasteiger partial charge in [-0.1, -0.05) is 18.2 Å². The molecule has 0 atom stereocenters. The average Bonchev–Trinajstić information content (AvgIpc) is 3.34. The van der Waals surface area contributed by atoms with Crippen molar-refractivity contribution in [1.82, 2.24) is 20.1 Å². The number of aromatic nitrogens is 1. The van der Waals surface area contributed by atoms with Crippen LogP contribution < -0.4 is 15.8 Å². The monoisotopic (exact) mass is 479 g/mol. The zero-order valence-corrected chi connectivity index (χ0v) is 19.0. The van der Waals surface area contributed by atoms with Gasteiger partial charge in [0.2, 0.25) is 15.9 Å². The van der Waals surface area contributed by atoms with E-state index in [1.807, 2.05) is 0 Å². The third kappa shape index (κ3) is 5.09. The summed E-state index contributed by atoms with van der Waals surface area (Å²) in [4.78, 5) is 31.5. The molecule has 0 unspecified atom stereocenters. The lowest BCUT2D eigenvalue weighted by Crippen LogP contribution is -2.48. The first-order valence-electron chi connectivity index (χ1n) is 10.4. The number of nitrogens with zero attached hydrogens (tertiary/aromatic N) is 3. The zero-order chi connectivity index (χ0) is 22.6. The molecule has 2 fully saturated rings. The van der Waals surface area contributed by atoms with Crippen LogP contribution in [0.4, 0.5) is 5.13 Å². The molecule has 2 aliphatic rings. The fourth-order valence-electron chi connectivity index (χ4n) is 3.65. The van der Waals surface area contributed by atoms with Crippen molar-refractivity contribution < 1.29 is 22.7 Å². The van der Waals surface area contributed by atoms with Gasteiger partial charge in [0.1, 0.15) is 5.69 Å². The molecule has 1 aromatic carbocycles. The fraction of sp³-hybridized carbons (Fsp3) is 0.450. The highest BCUT2D eigenvalue weighted by Gasteiger charge is 2.32. The Morgan fingerprint density at radius 1 is 1.03 bits per heavy atom. The van der Waals surface area contributed by atoms with Crippen LogP contribution in [-0.4, -0.2) is 68.9 Å². The second-order valence-electron chi connectivity index (χ2n) is 7.55. The van der Waals surface area contributed by atoms with Crippen LogP contribution in [0.25, 0.3) is 0 Å². The number of benzene rings is 1. The minimum absolute atomic E-state index is 0.237. The Bertz CT molecular complexity index is 1050. The van der Waals surface area contributed by atoms with Crippen LogP contribution in [0.2, 0.25) is 0 Å². The number of carbonyl (C=O) groups is 2. The molecular weight excluding hydrogens is 454 g/mol. The van der Waals surface area contributed by atoms with E-state index in [1.165, 1.54) is 15.6 Å². The number of anilines is 1. The van der Waals surface area contributed by atoms with Crippen LogP contribution in [0.1, 0.15) is 23.3 Å². The highest BCUT2D eigenvalue weighted by Crippen LogP contribution is 2.24. The van der Waals surface area contributed by atoms with Gasteiger partial charge in [0.05, 0.1) is 18.1 Å². The Hall–Kier alpha value is -2.54. The molecule has 3 heterocycles. The van der Waals surface area contributed by atoms with Gasteiger partial charge in [-0.2, -0.15) is 4.31 Å². The van der Waals surface area contributed by atoms with E-state index >= 15 is 0 Å². The lowest BCUT2D eigenvalue weighted by Gasteiger charge is -2.30. The minimum atomic E-state index is -3.57. The molecule has 0 radical (unpaired) electrons. The van der Waals surface area contributed by atoms with Crippen LogP contribution in [-0.2, 0) is 19.6 Å². The van der Waals surface area contributed by atoms with Gasteiger partial charge < -0.3 is 9.64 Å². The number of nitrogens with one attached hydrogen (secondary N) is 2. The molecule has 1 aromatic heterocycles. The first-order valence-corrected chi connectivity index (χ1v) is 12.7. The fourth-order valence-corrected chi connectivity index (χ4v) is 6.00. The van der Waals surface area contributed by atoms with E-state index in [-0.39, 0.29) is 35.5 Å². The molecule has 4 rings (SSSR count). The molecule has 32 heavy (non-hydrogen) atoms. The van der Waals surface area contributed by atoms with E-state index in [0.717, 1.165) is 18.2 Å². The van der Waals surface area contributed by atoms with Crippen LogP contribution in [0.3, 0.4) is 0 Å². The number of ether oxygens (including phenoxy) is 1. The number of hydrogen-bond acceptors (Lipinski definition) is 8. The molecule has 2 saturated heterocycles. The van der Waals surface area contributed by atoms with Gasteiger partial charge in [0.25, 0.3) is 5.91 Å². The van der Waals surface area contributed by atoms with Crippen LogP contribution in [0, 0.1) is 5.92 Å². The molecule has 2 aliphatic heterocycles. The quantitative estimate of drug-likeness (QED) is 0.610. The van der Waals surface area contributed by atoms with E-state index in [1.54, 1.807) is 35.7 Å². The van der Waals surface area contributed by atoms with Crippen molar-refractivity contribution in [2.45, 2.75) is 17.7 Å². The number of morpholine rings is 1. The summed E-state index contributed by atoms with van der Waals surface area (Å²) in [5, 5.41) is 2.40. The first-order chi connectivity index (χ1) is 15.4. The number of hydrogen-bond donors (Lipinski definition) is 2. The Kier molecular flexibility index (Phi) is 7.04. The summed E-state index contributed by atoms with van der Waals surface area (Å²) < 4.78 is 32.1. The standard InChI is InChI=1S/C20H25N5O5S2/c26-18(15-6-8-25(9-7-15)32(28,29)16-4-2-1-3-5-16)22-23-19(27)17-14-31-20(21-17)24-10-12-30-13-11-24/h1-5,14-15H,6-13H2,(H,22,26)(H,23,27). The predicted molar refractivity (Wildman–Crippen MR) is 119 cm³/mol. The van der Waals surface area contributed by atoms with Gasteiger partial charge in [-0.15, -0.1) is 11.3 Å². The van der Waals surface area contributed by atoms with Gasteiger partial charge in [0, 0.05) is 37.5 Å². The second kappa shape index (κ2) is 9.94. The Morgan fingerprint density at radius 3 is 2.41 bits per heavy atom. The number of amides is 2. The van der Waals surface area contributed by atoms with Crippen molar-refractivity contribution in [2.24, 2.45) is 5.92 Å². The summed E-state index contributed by atoms with van der Waals surface area (Å²) in [5.41, 5.74) is 5.10. The zero-order valence-electron chi connectivity index (χ0n) is 17.4. The summed E-state index contributed by atoms with van der Waals surface area (Å²) in [6.07, 6.45) is 0.761. The van der Waals surface area contributed by atoms with Gasteiger partial charge >= 0.3 is 0 Å². The van der Waals surface area contributed by atoms with Crippen molar-refractivity contribution in [3.63, 3.8) is 0 Å². The molecule has 0 aliphatic carbocycles. The predicted octanol–water partition coefficient (Wildman–Crippen LogP) is 0.842. The SMILES string of the molecule is O=C(NNC(=O)C1CCN(S(=O)(=O)c2ccccc2)CC1)c1csc(N2CCOCC2)n1. The van der Waals surface area contributed by atoms with Crippen molar-refractivity contribution in [3.05, 3.63) is 41.4 Å².